The first-order valence-electron chi connectivity index (χ1n) is 12.4. The molecule has 4 rings (SSSR count). The number of amides is 2. The second-order valence-electron chi connectivity index (χ2n) is 9.51. The quantitative estimate of drug-likeness (QED) is 0.522. The van der Waals surface area contributed by atoms with Crippen LogP contribution in [0.5, 0.6) is 5.75 Å². The highest BCUT2D eigenvalue weighted by Gasteiger charge is 2.24. The Morgan fingerprint density at radius 2 is 1.78 bits per heavy atom. The molecule has 2 aromatic heterocycles. The van der Waals surface area contributed by atoms with Crippen molar-refractivity contribution in [2.24, 2.45) is 5.92 Å². The predicted octanol–water partition coefficient (Wildman–Crippen LogP) is 3.25. The fourth-order valence-electron chi connectivity index (χ4n) is 4.42. The molecule has 36 heavy (non-hydrogen) atoms. The first-order chi connectivity index (χ1) is 17.4. The molecule has 190 valence electrons. The summed E-state index contributed by atoms with van der Waals surface area (Å²) >= 11 is 0. The number of nitrogens with one attached hydrogen (secondary N) is 1. The predicted molar refractivity (Wildman–Crippen MR) is 137 cm³/mol. The van der Waals surface area contributed by atoms with E-state index in [1.54, 1.807) is 46.0 Å². The smallest absolute Gasteiger partial charge is 0.259 e. The molecule has 9 nitrogen and oxygen atoms in total. The molecular formula is C27H33N5O4. The van der Waals surface area contributed by atoms with Crippen LogP contribution >= 0.6 is 0 Å². The average Bonchev–Trinajstić information content (AvgIpc) is 3.37. The van der Waals surface area contributed by atoms with Crippen LogP contribution in [0.15, 0.2) is 53.8 Å². The number of aromatic nitrogens is 3. The summed E-state index contributed by atoms with van der Waals surface area (Å²) in [7, 11) is 1.60. The number of hydrogen-bond acceptors (Lipinski definition) is 5. The zero-order valence-electron chi connectivity index (χ0n) is 21.1. The van der Waals surface area contributed by atoms with Gasteiger partial charge < -0.3 is 19.5 Å². The maximum Gasteiger partial charge on any atom is 0.259 e. The molecule has 0 unspecified atom stereocenters. The van der Waals surface area contributed by atoms with E-state index in [1.807, 2.05) is 38.1 Å². The lowest BCUT2D eigenvalue weighted by Gasteiger charge is -2.27. The largest absolute Gasteiger partial charge is 0.494 e. The number of hydrogen-bond donors (Lipinski definition) is 1. The van der Waals surface area contributed by atoms with Crippen LogP contribution in [0.4, 0.5) is 0 Å². The van der Waals surface area contributed by atoms with Crippen molar-refractivity contribution < 1.29 is 14.3 Å². The molecule has 0 atom stereocenters. The van der Waals surface area contributed by atoms with Crippen molar-refractivity contribution >= 4 is 11.8 Å². The lowest BCUT2D eigenvalue weighted by atomic mass is 10.1. The van der Waals surface area contributed by atoms with Gasteiger partial charge in [0.25, 0.3) is 11.8 Å². The van der Waals surface area contributed by atoms with E-state index in [4.69, 9.17) is 4.74 Å². The first kappa shape index (κ1) is 25.2. The Kier molecular flexibility index (Phi) is 7.87. The highest BCUT2D eigenvalue weighted by molar-refractivity contribution is 5.99. The normalized spacial score (nSPS) is 13.6. The zero-order chi connectivity index (χ0) is 25.7. The maximum absolute atomic E-state index is 13.3. The molecule has 9 heteroatoms. The van der Waals surface area contributed by atoms with Gasteiger partial charge in [-0.3, -0.25) is 14.4 Å². The van der Waals surface area contributed by atoms with E-state index in [0.717, 1.165) is 30.5 Å². The van der Waals surface area contributed by atoms with Crippen LogP contribution in [0, 0.1) is 5.92 Å². The van der Waals surface area contributed by atoms with Gasteiger partial charge in [-0.15, -0.1) is 0 Å². The number of benzene rings is 1. The van der Waals surface area contributed by atoms with Crippen molar-refractivity contribution in [3.63, 3.8) is 0 Å². The number of pyridine rings is 1. The van der Waals surface area contributed by atoms with Crippen LogP contribution in [0.1, 0.15) is 59.4 Å². The van der Waals surface area contributed by atoms with E-state index in [9.17, 15) is 14.4 Å². The summed E-state index contributed by atoms with van der Waals surface area (Å²) in [5.74, 6) is 0.139. The summed E-state index contributed by atoms with van der Waals surface area (Å²) < 4.78 is 8.84. The van der Waals surface area contributed by atoms with E-state index in [1.165, 1.54) is 0 Å². The summed E-state index contributed by atoms with van der Waals surface area (Å²) in [6.07, 6.45) is 9.52. The van der Waals surface area contributed by atoms with E-state index >= 15 is 0 Å². The van der Waals surface area contributed by atoms with Gasteiger partial charge in [0.2, 0.25) is 5.43 Å². The molecule has 1 aliphatic rings. The van der Waals surface area contributed by atoms with Crippen molar-refractivity contribution in [1.82, 2.24) is 24.6 Å². The number of methoxy groups -OCH3 is 1. The van der Waals surface area contributed by atoms with Crippen LogP contribution in [0.2, 0.25) is 0 Å². The Hall–Kier alpha value is -3.88. The Balaban J connectivity index is 1.55. The van der Waals surface area contributed by atoms with Crippen molar-refractivity contribution in [3.05, 3.63) is 76.0 Å². The van der Waals surface area contributed by atoms with Crippen LogP contribution < -0.4 is 15.5 Å². The van der Waals surface area contributed by atoms with Crippen molar-refractivity contribution in [1.29, 1.82) is 0 Å². The lowest BCUT2D eigenvalue weighted by Crippen LogP contribution is -2.40. The zero-order valence-corrected chi connectivity index (χ0v) is 21.1. The fraction of sp³-hybridized carbons (Fsp3) is 0.407. The minimum absolute atomic E-state index is 0.0318. The minimum Gasteiger partial charge on any atom is -0.494 e. The number of carbonyl (C=O) groups excluding carboxylic acids is 2. The van der Waals surface area contributed by atoms with Crippen LogP contribution in [0.25, 0.3) is 5.69 Å². The fourth-order valence-corrected chi connectivity index (χ4v) is 4.42. The Morgan fingerprint density at radius 1 is 1.06 bits per heavy atom. The van der Waals surface area contributed by atoms with Gasteiger partial charge in [0, 0.05) is 50.3 Å². The summed E-state index contributed by atoms with van der Waals surface area (Å²) in [6, 6.07) is 7.50. The molecule has 1 fully saturated rings. The maximum atomic E-state index is 13.3. The second kappa shape index (κ2) is 11.2. The number of piperidine rings is 1. The summed E-state index contributed by atoms with van der Waals surface area (Å²) in [4.78, 5) is 41.2. The molecule has 0 spiro atoms. The Labute approximate surface area is 210 Å². The van der Waals surface area contributed by atoms with E-state index in [2.05, 4.69) is 10.4 Å². The third-order valence-corrected chi connectivity index (χ3v) is 6.19. The highest BCUT2D eigenvalue weighted by atomic mass is 16.5. The average molecular weight is 492 g/mol. The van der Waals surface area contributed by atoms with E-state index in [0.29, 0.717) is 25.4 Å². The van der Waals surface area contributed by atoms with Gasteiger partial charge in [-0.2, -0.15) is 5.10 Å². The van der Waals surface area contributed by atoms with Crippen LogP contribution in [0.3, 0.4) is 0 Å². The molecule has 3 aromatic rings. The van der Waals surface area contributed by atoms with E-state index < -0.39 is 11.3 Å². The van der Waals surface area contributed by atoms with Gasteiger partial charge in [0.15, 0.2) is 0 Å². The molecule has 1 aliphatic heterocycles. The molecule has 1 N–H and O–H groups in total. The summed E-state index contributed by atoms with van der Waals surface area (Å²) in [5.41, 5.74) is 1.02. The minimum atomic E-state index is -0.534. The molecule has 2 amide bonds. The number of para-hydroxylation sites is 2. The monoisotopic (exact) mass is 491 g/mol. The van der Waals surface area contributed by atoms with Gasteiger partial charge in [-0.1, -0.05) is 26.0 Å². The SMILES string of the molecule is COc1ccccc1-n1cc(CNC(=O)c2cn(CC(C)C)cc(C(=O)N3CCCCC3)c2=O)cn1. The van der Waals surface area contributed by atoms with Gasteiger partial charge in [-0.25, -0.2) is 4.68 Å². The molecular weight excluding hydrogens is 458 g/mol. The molecule has 1 aromatic carbocycles. The number of carbonyl (C=O) groups is 2. The van der Waals surface area contributed by atoms with E-state index in [-0.39, 0.29) is 29.5 Å². The van der Waals surface area contributed by atoms with Crippen molar-refractivity contribution in [2.75, 3.05) is 20.2 Å². The van der Waals surface area contributed by atoms with Crippen LogP contribution in [-0.2, 0) is 13.1 Å². The number of likely N-dealkylation sites (tertiary alicyclic amines) is 1. The van der Waals surface area contributed by atoms with Gasteiger partial charge >= 0.3 is 0 Å². The molecule has 0 radical (unpaired) electrons. The number of ether oxygens (including phenoxy) is 1. The first-order valence-corrected chi connectivity index (χ1v) is 12.4. The second-order valence-corrected chi connectivity index (χ2v) is 9.51. The topological polar surface area (TPSA) is 98.5 Å². The molecule has 0 saturated carbocycles. The molecule has 3 heterocycles. The van der Waals surface area contributed by atoms with Crippen molar-refractivity contribution in [2.45, 2.75) is 46.2 Å². The summed E-state index contributed by atoms with van der Waals surface area (Å²) in [5, 5.41) is 7.18. The standard InChI is InChI=1S/C27H33N5O4/c1-19(2)15-30-17-21(25(33)22(18-30)27(35)31-11-7-4-8-12-31)26(34)28-13-20-14-29-32(16-20)23-9-5-6-10-24(23)36-3/h5-6,9-10,14,16-19H,4,7-8,11-13,15H2,1-3H3,(H,28,34). The van der Waals surface area contributed by atoms with Gasteiger partial charge in [0.05, 0.1) is 13.3 Å². The van der Waals surface area contributed by atoms with Gasteiger partial charge in [0.1, 0.15) is 22.6 Å². The third-order valence-electron chi connectivity index (χ3n) is 6.19. The van der Waals surface area contributed by atoms with Crippen LogP contribution in [-0.4, -0.2) is 51.3 Å². The lowest BCUT2D eigenvalue weighted by molar-refractivity contribution is 0.0722. The Bertz CT molecular complexity index is 1290. The molecule has 1 saturated heterocycles. The highest BCUT2D eigenvalue weighted by Crippen LogP contribution is 2.21. The van der Waals surface area contributed by atoms with Crippen molar-refractivity contribution in [3.8, 4) is 11.4 Å². The third kappa shape index (κ3) is 5.67. The number of nitrogens with zero attached hydrogens (tertiary/aromatic N) is 4. The molecule has 0 bridgehead atoms. The molecule has 0 aliphatic carbocycles. The number of rotatable bonds is 8. The Morgan fingerprint density at radius 3 is 2.50 bits per heavy atom. The summed E-state index contributed by atoms with van der Waals surface area (Å²) in [6.45, 7) is 6.13. The van der Waals surface area contributed by atoms with Gasteiger partial charge in [-0.05, 0) is 37.3 Å².